The van der Waals surface area contributed by atoms with E-state index in [1.165, 1.54) is 24.8 Å². The number of carbonyl (C=O) groups excluding carboxylic acids is 2. The highest BCUT2D eigenvalue weighted by molar-refractivity contribution is 5.77. The van der Waals surface area contributed by atoms with Crippen molar-refractivity contribution in [3.63, 3.8) is 0 Å². The normalized spacial score (nSPS) is 23.7. The SMILES string of the molecule is CCOC(=O)CCCC(=O)N(CCCN1CCC(C)(c2cccc(O)c2)C(C)C1)C1CCCCC1. The zero-order valence-corrected chi connectivity index (χ0v) is 22.1. The number of ether oxygens (including phenoxy) is 1. The second kappa shape index (κ2) is 13.3. The molecule has 1 saturated heterocycles. The van der Waals surface area contributed by atoms with Gasteiger partial charge in [0.25, 0.3) is 0 Å². The molecule has 1 N–H and O–H groups in total. The molecule has 1 saturated carbocycles. The predicted molar refractivity (Wildman–Crippen MR) is 139 cm³/mol. The summed E-state index contributed by atoms with van der Waals surface area (Å²) in [6.07, 6.45) is 9.25. The molecule has 1 aliphatic carbocycles. The smallest absolute Gasteiger partial charge is 0.305 e. The molecule has 6 nitrogen and oxygen atoms in total. The Morgan fingerprint density at radius 3 is 2.63 bits per heavy atom. The van der Waals surface area contributed by atoms with Gasteiger partial charge < -0.3 is 19.6 Å². The van der Waals surface area contributed by atoms with E-state index in [1.54, 1.807) is 6.07 Å². The minimum Gasteiger partial charge on any atom is -0.508 e. The summed E-state index contributed by atoms with van der Waals surface area (Å²) < 4.78 is 5.01. The monoisotopic (exact) mass is 486 g/mol. The molecule has 2 aliphatic rings. The summed E-state index contributed by atoms with van der Waals surface area (Å²) in [5.41, 5.74) is 1.29. The molecular weight excluding hydrogens is 440 g/mol. The van der Waals surface area contributed by atoms with E-state index in [2.05, 4.69) is 29.7 Å². The molecule has 2 atom stereocenters. The summed E-state index contributed by atoms with van der Waals surface area (Å²) in [7, 11) is 0. The third kappa shape index (κ3) is 7.70. The molecular formula is C29H46N2O4. The first kappa shape index (κ1) is 27.5. The van der Waals surface area contributed by atoms with Gasteiger partial charge in [0, 0.05) is 32.0 Å². The Labute approximate surface area is 212 Å². The molecule has 2 unspecified atom stereocenters. The molecule has 1 heterocycles. The number of carbonyl (C=O) groups is 2. The topological polar surface area (TPSA) is 70.1 Å². The number of aromatic hydroxyl groups is 1. The van der Waals surface area contributed by atoms with Gasteiger partial charge in [-0.15, -0.1) is 0 Å². The lowest BCUT2D eigenvalue weighted by atomic mass is 9.68. The zero-order chi connectivity index (χ0) is 25.3. The van der Waals surface area contributed by atoms with E-state index < -0.39 is 0 Å². The van der Waals surface area contributed by atoms with Gasteiger partial charge in [-0.1, -0.05) is 45.2 Å². The van der Waals surface area contributed by atoms with E-state index in [9.17, 15) is 14.7 Å². The number of esters is 1. The number of phenols is 1. The van der Waals surface area contributed by atoms with Crippen LogP contribution in [0.3, 0.4) is 0 Å². The third-order valence-corrected chi connectivity index (χ3v) is 8.36. The summed E-state index contributed by atoms with van der Waals surface area (Å²) >= 11 is 0. The number of phenolic OH excluding ortho intramolecular Hbond substituents is 1. The van der Waals surface area contributed by atoms with Crippen molar-refractivity contribution in [1.29, 1.82) is 0 Å². The third-order valence-electron chi connectivity index (χ3n) is 8.36. The molecule has 0 aromatic heterocycles. The molecule has 6 heteroatoms. The molecule has 1 amide bonds. The number of amides is 1. The van der Waals surface area contributed by atoms with Crippen molar-refractivity contribution in [1.82, 2.24) is 9.80 Å². The van der Waals surface area contributed by atoms with Crippen molar-refractivity contribution in [2.45, 2.75) is 96.4 Å². The number of piperidine rings is 1. The summed E-state index contributed by atoms with van der Waals surface area (Å²) in [4.78, 5) is 29.5. The fraction of sp³-hybridized carbons (Fsp3) is 0.724. The molecule has 0 spiro atoms. The van der Waals surface area contributed by atoms with Crippen LogP contribution >= 0.6 is 0 Å². The molecule has 0 radical (unpaired) electrons. The van der Waals surface area contributed by atoms with Gasteiger partial charge in [-0.3, -0.25) is 9.59 Å². The van der Waals surface area contributed by atoms with E-state index >= 15 is 0 Å². The predicted octanol–water partition coefficient (Wildman–Crippen LogP) is 5.28. The average Bonchev–Trinajstić information content (AvgIpc) is 2.84. The average molecular weight is 487 g/mol. The molecule has 1 aromatic carbocycles. The van der Waals surface area contributed by atoms with E-state index in [1.807, 2.05) is 19.1 Å². The molecule has 196 valence electrons. The van der Waals surface area contributed by atoms with E-state index in [0.29, 0.717) is 43.6 Å². The molecule has 1 aliphatic heterocycles. The van der Waals surface area contributed by atoms with Crippen LogP contribution in [0.1, 0.15) is 90.5 Å². The molecule has 2 fully saturated rings. The number of likely N-dealkylation sites (tertiary alicyclic amines) is 1. The number of nitrogens with zero attached hydrogens (tertiary/aromatic N) is 2. The highest BCUT2D eigenvalue weighted by Crippen LogP contribution is 2.40. The van der Waals surface area contributed by atoms with Gasteiger partial charge in [0.2, 0.25) is 5.91 Å². The first-order valence-electron chi connectivity index (χ1n) is 13.8. The largest absolute Gasteiger partial charge is 0.508 e. The van der Waals surface area contributed by atoms with Crippen LogP contribution in [0.5, 0.6) is 5.75 Å². The minimum absolute atomic E-state index is 0.0677. The fourth-order valence-corrected chi connectivity index (χ4v) is 5.94. The summed E-state index contributed by atoms with van der Waals surface area (Å²) in [5.74, 6) is 0.816. The van der Waals surface area contributed by atoms with Gasteiger partial charge in [0.15, 0.2) is 0 Å². The van der Waals surface area contributed by atoms with Crippen LogP contribution in [-0.2, 0) is 19.7 Å². The Morgan fingerprint density at radius 2 is 1.94 bits per heavy atom. The van der Waals surface area contributed by atoms with Crippen LogP contribution in [0.15, 0.2) is 24.3 Å². The number of hydrogen-bond donors (Lipinski definition) is 1. The Bertz CT molecular complexity index is 823. The Hall–Kier alpha value is -2.08. The lowest BCUT2D eigenvalue weighted by molar-refractivity contribution is -0.143. The first-order chi connectivity index (χ1) is 16.8. The van der Waals surface area contributed by atoms with E-state index in [0.717, 1.165) is 51.9 Å². The lowest BCUT2D eigenvalue weighted by Gasteiger charge is -2.45. The van der Waals surface area contributed by atoms with Gasteiger partial charge in [0.1, 0.15) is 5.75 Å². The molecule has 0 bridgehead atoms. The van der Waals surface area contributed by atoms with E-state index in [4.69, 9.17) is 4.74 Å². The Balaban J connectivity index is 1.50. The van der Waals surface area contributed by atoms with Gasteiger partial charge in [-0.25, -0.2) is 0 Å². The number of benzene rings is 1. The van der Waals surface area contributed by atoms with Crippen molar-refractivity contribution in [3.8, 4) is 5.75 Å². The van der Waals surface area contributed by atoms with Crippen LogP contribution in [-0.4, -0.2) is 65.6 Å². The summed E-state index contributed by atoms with van der Waals surface area (Å²) in [6, 6.07) is 8.10. The highest BCUT2D eigenvalue weighted by Gasteiger charge is 2.38. The molecule has 3 rings (SSSR count). The van der Waals surface area contributed by atoms with Gasteiger partial charge in [-0.2, -0.15) is 0 Å². The van der Waals surface area contributed by atoms with Crippen molar-refractivity contribution in [3.05, 3.63) is 29.8 Å². The summed E-state index contributed by atoms with van der Waals surface area (Å²) in [6.45, 7) is 10.7. The molecule has 1 aromatic rings. The second-order valence-corrected chi connectivity index (χ2v) is 10.8. The maximum atomic E-state index is 13.1. The zero-order valence-electron chi connectivity index (χ0n) is 22.1. The number of rotatable bonds is 11. The van der Waals surface area contributed by atoms with Gasteiger partial charge in [0.05, 0.1) is 6.61 Å². The van der Waals surface area contributed by atoms with Gasteiger partial charge >= 0.3 is 5.97 Å². The summed E-state index contributed by atoms with van der Waals surface area (Å²) in [5, 5.41) is 9.96. The lowest BCUT2D eigenvalue weighted by Crippen LogP contribution is -2.48. The van der Waals surface area contributed by atoms with Crippen molar-refractivity contribution < 1.29 is 19.4 Å². The fourth-order valence-electron chi connectivity index (χ4n) is 5.94. The maximum Gasteiger partial charge on any atom is 0.305 e. The minimum atomic E-state index is -0.207. The van der Waals surface area contributed by atoms with Crippen LogP contribution in [0.2, 0.25) is 0 Å². The Kier molecular flexibility index (Phi) is 10.4. The highest BCUT2D eigenvalue weighted by atomic mass is 16.5. The quantitative estimate of drug-likeness (QED) is 0.431. The van der Waals surface area contributed by atoms with Crippen LogP contribution in [0.4, 0.5) is 0 Å². The van der Waals surface area contributed by atoms with Crippen LogP contribution in [0.25, 0.3) is 0 Å². The van der Waals surface area contributed by atoms with Gasteiger partial charge in [-0.05, 0) is 81.1 Å². The second-order valence-electron chi connectivity index (χ2n) is 10.8. The van der Waals surface area contributed by atoms with Crippen molar-refractivity contribution in [2.75, 3.05) is 32.8 Å². The van der Waals surface area contributed by atoms with Crippen LogP contribution in [0, 0.1) is 5.92 Å². The molecule has 35 heavy (non-hydrogen) atoms. The van der Waals surface area contributed by atoms with Crippen molar-refractivity contribution >= 4 is 11.9 Å². The van der Waals surface area contributed by atoms with Crippen molar-refractivity contribution in [2.24, 2.45) is 5.92 Å². The first-order valence-corrected chi connectivity index (χ1v) is 13.8. The number of hydrogen-bond acceptors (Lipinski definition) is 5. The van der Waals surface area contributed by atoms with Crippen LogP contribution < -0.4 is 0 Å². The Morgan fingerprint density at radius 1 is 1.17 bits per heavy atom. The maximum absolute atomic E-state index is 13.1. The van der Waals surface area contributed by atoms with E-state index in [-0.39, 0.29) is 17.3 Å². The standard InChI is InChI=1S/C29H46N2O4/c1-4-35-28(34)16-9-15-27(33)31(25-12-6-5-7-13-25)19-10-18-30-20-17-29(3,23(2)22-30)24-11-8-14-26(32)21-24/h8,11,14,21,23,25,32H,4-7,9-10,12-13,15-20,22H2,1-3H3.